The first-order chi connectivity index (χ1) is 8.70. The molecule has 0 aliphatic heterocycles. The zero-order chi connectivity index (χ0) is 13.0. The smallest absolute Gasteiger partial charge is 0.124 e. The van der Waals surface area contributed by atoms with Gasteiger partial charge in [0.05, 0.1) is 0 Å². The number of anilines is 2. The molecule has 0 aliphatic carbocycles. The van der Waals surface area contributed by atoms with Crippen molar-refractivity contribution < 1.29 is 4.79 Å². The van der Waals surface area contributed by atoms with Crippen molar-refractivity contribution in [3.63, 3.8) is 0 Å². The molecule has 1 N–H and O–H groups in total. The van der Waals surface area contributed by atoms with Gasteiger partial charge in [0.1, 0.15) is 6.29 Å². The van der Waals surface area contributed by atoms with E-state index < -0.39 is 0 Å². The summed E-state index contributed by atoms with van der Waals surface area (Å²) in [7, 11) is 0. The fourth-order valence-electron chi connectivity index (χ4n) is 2.16. The second kappa shape index (κ2) is 5.50. The number of para-hydroxylation sites is 1. The molecule has 0 aliphatic rings. The summed E-state index contributed by atoms with van der Waals surface area (Å²) in [5.74, 6) is 0. The number of hydrogen-bond donors (Lipinski definition) is 1. The molecule has 0 saturated carbocycles. The predicted molar refractivity (Wildman–Crippen MR) is 75.4 cm³/mol. The summed E-state index contributed by atoms with van der Waals surface area (Å²) in [6, 6.07) is 14.2. The molecule has 2 aromatic rings. The van der Waals surface area contributed by atoms with Gasteiger partial charge in [0.2, 0.25) is 0 Å². The molecule has 0 aromatic heterocycles. The summed E-state index contributed by atoms with van der Waals surface area (Å²) in [6.07, 6.45) is 1.45. The van der Waals surface area contributed by atoms with Crippen molar-refractivity contribution in [3.05, 3.63) is 59.2 Å². The second-order valence-corrected chi connectivity index (χ2v) is 4.45. The lowest BCUT2D eigenvalue weighted by molar-refractivity contribution is -0.107. The topological polar surface area (TPSA) is 29.1 Å². The Kier molecular flexibility index (Phi) is 3.78. The Morgan fingerprint density at radius 3 is 2.17 bits per heavy atom. The van der Waals surface area contributed by atoms with Crippen molar-refractivity contribution in [3.8, 4) is 0 Å². The SMILES string of the molecule is Cc1cc(Nc2ccccc2)cc(C)c1CC=O. The van der Waals surface area contributed by atoms with Crippen molar-refractivity contribution in [2.24, 2.45) is 0 Å². The number of benzene rings is 2. The van der Waals surface area contributed by atoms with Gasteiger partial charge in [-0.15, -0.1) is 0 Å². The molecule has 0 amide bonds. The van der Waals surface area contributed by atoms with E-state index in [4.69, 9.17) is 0 Å². The third-order valence-electron chi connectivity index (χ3n) is 3.05. The fraction of sp³-hybridized carbons (Fsp3) is 0.188. The van der Waals surface area contributed by atoms with Gasteiger partial charge >= 0.3 is 0 Å². The quantitative estimate of drug-likeness (QED) is 0.822. The molecule has 2 heteroatoms. The molecular formula is C16H17NO. The van der Waals surface area contributed by atoms with Crippen LogP contribution in [0.15, 0.2) is 42.5 Å². The number of aldehydes is 1. The van der Waals surface area contributed by atoms with Crippen LogP contribution in [0.4, 0.5) is 11.4 Å². The van der Waals surface area contributed by atoms with E-state index in [1.165, 1.54) is 0 Å². The fourth-order valence-corrected chi connectivity index (χ4v) is 2.16. The van der Waals surface area contributed by atoms with E-state index in [9.17, 15) is 4.79 Å². The van der Waals surface area contributed by atoms with Crippen molar-refractivity contribution >= 4 is 17.7 Å². The number of hydrogen-bond acceptors (Lipinski definition) is 2. The van der Waals surface area contributed by atoms with Crippen LogP contribution in [0.5, 0.6) is 0 Å². The van der Waals surface area contributed by atoms with Crippen molar-refractivity contribution in [2.75, 3.05) is 5.32 Å². The zero-order valence-electron chi connectivity index (χ0n) is 10.7. The van der Waals surface area contributed by atoms with Gasteiger partial charge in [-0.05, 0) is 54.8 Å². The lowest BCUT2D eigenvalue weighted by atomic mass is 9.99. The van der Waals surface area contributed by atoms with Crippen LogP contribution < -0.4 is 5.32 Å². The van der Waals surface area contributed by atoms with Crippen molar-refractivity contribution in [2.45, 2.75) is 20.3 Å². The van der Waals surface area contributed by atoms with Gasteiger partial charge in [0, 0.05) is 17.8 Å². The van der Waals surface area contributed by atoms with Gasteiger partial charge in [-0.25, -0.2) is 0 Å². The van der Waals surface area contributed by atoms with E-state index >= 15 is 0 Å². The largest absolute Gasteiger partial charge is 0.356 e. The molecule has 2 rings (SSSR count). The Labute approximate surface area is 108 Å². The molecule has 2 nitrogen and oxygen atoms in total. The van der Waals surface area contributed by atoms with Gasteiger partial charge in [0.15, 0.2) is 0 Å². The van der Waals surface area contributed by atoms with Crippen LogP contribution in [0, 0.1) is 13.8 Å². The summed E-state index contributed by atoms with van der Waals surface area (Å²) in [5, 5.41) is 3.37. The van der Waals surface area contributed by atoms with Gasteiger partial charge in [0.25, 0.3) is 0 Å². The summed E-state index contributed by atoms with van der Waals surface area (Å²) in [6.45, 7) is 4.09. The lowest BCUT2D eigenvalue weighted by Gasteiger charge is -2.12. The van der Waals surface area contributed by atoms with Gasteiger partial charge in [-0.3, -0.25) is 0 Å². The molecule has 2 aromatic carbocycles. The Balaban J connectivity index is 2.28. The predicted octanol–water partition coefficient (Wildman–Crippen LogP) is 3.79. The first kappa shape index (κ1) is 12.4. The molecule has 0 spiro atoms. The Hall–Kier alpha value is -2.09. The van der Waals surface area contributed by atoms with Crippen LogP contribution in [0.2, 0.25) is 0 Å². The molecule has 92 valence electrons. The molecule has 0 fully saturated rings. The van der Waals surface area contributed by atoms with Gasteiger partial charge < -0.3 is 10.1 Å². The zero-order valence-corrected chi connectivity index (χ0v) is 10.7. The highest BCUT2D eigenvalue weighted by atomic mass is 16.1. The van der Waals surface area contributed by atoms with E-state index in [1.807, 2.05) is 44.2 Å². The number of aryl methyl sites for hydroxylation is 2. The van der Waals surface area contributed by atoms with Crippen LogP contribution in [0.3, 0.4) is 0 Å². The molecule has 0 saturated heterocycles. The lowest BCUT2D eigenvalue weighted by Crippen LogP contribution is -1.98. The van der Waals surface area contributed by atoms with Crippen molar-refractivity contribution in [1.82, 2.24) is 0 Å². The molecule has 0 heterocycles. The van der Waals surface area contributed by atoms with Crippen LogP contribution in [0.1, 0.15) is 16.7 Å². The molecule has 0 bridgehead atoms. The number of rotatable bonds is 4. The molecule has 0 atom stereocenters. The average Bonchev–Trinajstić information content (AvgIpc) is 2.35. The number of carbonyl (C=O) groups excluding carboxylic acids is 1. The van der Waals surface area contributed by atoms with Gasteiger partial charge in [-0.2, -0.15) is 0 Å². The Bertz CT molecular complexity index is 523. The van der Waals surface area contributed by atoms with Crippen LogP contribution >= 0.6 is 0 Å². The standard InChI is InChI=1S/C16H17NO/c1-12-10-15(11-13(2)16(12)8-9-18)17-14-6-4-3-5-7-14/h3-7,9-11,17H,8H2,1-2H3. The average molecular weight is 239 g/mol. The van der Waals surface area contributed by atoms with Crippen LogP contribution in [-0.4, -0.2) is 6.29 Å². The maximum atomic E-state index is 10.6. The summed E-state index contributed by atoms with van der Waals surface area (Å²) in [5.41, 5.74) is 5.56. The van der Waals surface area contributed by atoms with E-state index in [0.29, 0.717) is 6.42 Å². The number of carbonyl (C=O) groups is 1. The Morgan fingerprint density at radius 2 is 1.61 bits per heavy atom. The van der Waals surface area contributed by atoms with Gasteiger partial charge in [-0.1, -0.05) is 18.2 Å². The minimum Gasteiger partial charge on any atom is -0.356 e. The highest BCUT2D eigenvalue weighted by Gasteiger charge is 2.04. The summed E-state index contributed by atoms with van der Waals surface area (Å²) >= 11 is 0. The second-order valence-electron chi connectivity index (χ2n) is 4.45. The molecular weight excluding hydrogens is 222 g/mol. The first-order valence-electron chi connectivity index (χ1n) is 6.06. The minimum atomic E-state index is 0.489. The first-order valence-corrected chi connectivity index (χ1v) is 6.06. The highest BCUT2D eigenvalue weighted by Crippen LogP contribution is 2.23. The minimum absolute atomic E-state index is 0.489. The van der Waals surface area contributed by atoms with Crippen LogP contribution in [0.25, 0.3) is 0 Å². The van der Waals surface area contributed by atoms with E-state index in [2.05, 4.69) is 17.4 Å². The molecule has 0 radical (unpaired) electrons. The summed E-state index contributed by atoms with van der Waals surface area (Å²) in [4.78, 5) is 10.6. The van der Waals surface area contributed by atoms with E-state index in [1.54, 1.807) is 0 Å². The molecule has 18 heavy (non-hydrogen) atoms. The maximum absolute atomic E-state index is 10.6. The van der Waals surface area contributed by atoms with E-state index in [-0.39, 0.29) is 0 Å². The highest BCUT2D eigenvalue weighted by molar-refractivity contribution is 5.65. The van der Waals surface area contributed by atoms with Crippen LogP contribution in [-0.2, 0) is 11.2 Å². The number of nitrogens with one attached hydrogen (secondary N) is 1. The van der Waals surface area contributed by atoms with Crippen molar-refractivity contribution in [1.29, 1.82) is 0 Å². The normalized spacial score (nSPS) is 10.1. The Morgan fingerprint density at radius 1 is 1.00 bits per heavy atom. The third-order valence-corrected chi connectivity index (χ3v) is 3.05. The maximum Gasteiger partial charge on any atom is 0.124 e. The molecule has 0 unspecified atom stereocenters. The third kappa shape index (κ3) is 2.77. The van der Waals surface area contributed by atoms with E-state index in [0.717, 1.165) is 34.4 Å². The monoisotopic (exact) mass is 239 g/mol. The summed E-state index contributed by atoms with van der Waals surface area (Å²) < 4.78 is 0.